The first-order valence-electron chi connectivity index (χ1n) is 6.50. The molecule has 108 valence electrons. The summed E-state index contributed by atoms with van der Waals surface area (Å²) in [5.74, 6) is 0.462. The zero-order valence-corrected chi connectivity index (χ0v) is 13.0. The van der Waals surface area contributed by atoms with Crippen LogP contribution in [-0.2, 0) is 16.6 Å². The molecule has 0 unspecified atom stereocenters. The molecular weight excluding hydrogens is 294 g/mol. The van der Waals surface area contributed by atoms with Crippen LogP contribution in [0.15, 0.2) is 42.5 Å². The van der Waals surface area contributed by atoms with Crippen molar-refractivity contribution in [2.24, 2.45) is 0 Å². The molecule has 20 heavy (non-hydrogen) atoms. The number of hydrogen-bond acceptors (Lipinski definition) is 2. The maximum absolute atomic E-state index is 12.0. The zero-order valence-electron chi connectivity index (χ0n) is 11.4. The number of fused-ring (bicyclic) bond motifs is 1. The Hall–Kier alpha value is -1.10. The summed E-state index contributed by atoms with van der Waals surface area (Å²) in [5.41, 5.74) is 0.987. The summed E-state index contributed by atoms with van der Waals surface area (Å²) in [5, 5.41) is 2.28. The molecular formula is C15H18ClNO2S. The van der Waals surface area contributed by atoms with Gasteiger partial charge in [0.1, 0.15) is 0 Å². The van der Waals surface area contributed by atoms with Crippen LogP contribution in [-0.4, -0.2) is 31.4 Å². The summed E-state index contributed by atoms with van der Waals surface area (Å²) in [7, 11) is -1.62. The van der Waals surface area contributed by atoms with E-state index < -0.39 is 10.0 Å². The van der Waals surface area contributed by atoms with Gasteiger partial charge in [0, 0.05) is 19.5 Å². The second kappa shape index (κ2) is 6.57. The average molecular weight is 312 g/mol. The highest BCUT2D eigenvalue weighted by molar-refractivity contribution is 7.89. The number of benzene rings is 2. The number of halogens is 1. The summed E-state index contributed by atoms with van der Waals surface area (Å²) < 4.78 is 25.4. The van der Waals surface area contributed by atoms with E-state index >= 15 is 0 Å². The third kappa shape index (κ3) is 3.72. The molecule has 0 aromatic heterocycles. The minimum Gasteiger partial charge on any atom is -0.212 e. The lowest BCUT2D eigenvalue weighted by molar-refractivity contribution is 0.466. The van der Waals surface area contributed by atoms with Crippen LogP contribution in [0.5, 0.6) is 0 Å². The molecule has 0 radical (unpaired) electrons. The lowest BCUT2D eigenvalue weighted by Gasteiger charge is -2.17. The Balaban J connectivity index is 2.15. The molecule has 0 aliphatic heterocycles. The van der Waals surface area contributed by atoms with Crippen LogP contribution in [0.4, 0.5) is 0 Å². The minimum absolute atomic E-state index is 0.0978. The topological polar surface area (TPSA) is 37.4 Å². The largest absolute Gasteiger partial charge is 0.214 e. The van der Waals surface area contributed by atoms with Gasteiger partial charge in [0.15, 0.2) is 0 Å². The van der Waals surface area contributed by atoms with Crippen molar-refractivity contribution in [1.82, 2.24) is 4.31 Å². The normalized spacial score (nSPS) is 12.2. The van der Waals surface area contributed by atoms with E-state index in [0.717, 1.165) is 16.3 Å². The zero-order chi connectivity index (χ0) is 14.6. The lowest BCUT2D eigenvalue weighted by Crippen LogP contribution is -2.29. The van der Waals surface area contributed by atoms with Gasteiger partial charge in [0.25, 0.3) is 0 Å². The molecule has 0 heterocycles. The van der Waals surface area contributed by atoms with Gasteiger partial charge in [-0.25, -0.2) is 12.7 Å². The second-order valence-electron chi connectivity index (χ2n) is 4.80. The first-order valence-corrected chi connectivity index (χ1v) is 8.65. The van der Waals surface area contributed by atoms with Crippen molar-refractivity contribution in [2.75, 3.05) is 18.7 Å². The van der Waals surface area contributed by atoms with Gasteiger partial charge in [0.2, 0.25) is 10.0 Å². The van der Waals surface area contributed by atoms with Crippen LogP contribution in [0.3, 0.4) is 0 Å². The second-order valence-corrected chi connectivity index (χ2v) is 7.37. The van der Waals surface area contributed by atoms with Crippen molar-refractivity contribution in [2.45, 2.75) is 13.0 Å². The first-order chi connectivity index (χ1) is 9.53. The van der Waals surface area contributed by atoms with E-state index in [-0.39, 0.29) is 5.75 Å². The quantitative estimate of drug-likeness (QED) is 0.768. The molecule has 0 saturated carbocycles. The molecule has 0 atom stereocenters. The number of alkyl halides is 1. The van der Waals surface area contributed by atoms with Gasteiger partial charge in [-0.2, -0.15) is 0 Å². The summed E-state index contributed by atoms with van der Waals surface area (Å²) in [6, 6.07) is 14.1. The summed E-state index contributed by atoms with van der Waals surface area (Å²) in [4.78, 5) is 0. The van der Waals surface area contributed by atoms with E-state index in [0.29, 0.717) is 18.8 Å². The molecule has 3 nitrogen and oxygen atoms in total. The first kappa shape index (κ1) is 15.3. The van der Waals surface area contributed by atoms with Crippen molar-refractivity contribution in [3.63, 3.8) is 0 Å². The van der Waals surface area contributed by atoms with Gasteiger partial charge in [-0.1, -0.05) is 36.4 Å². The number of hydrogen-bond donors (Lipinski definition) is 0. The summed E-state index contributed by atoms with van der Waals surface area (Å²) in [6.45, 7) is 0.384. The highest BCUT2D eigenvalue weighted by Gasteiger charge is 2.17. The van der Waals surface area contributed by atoms with E-state index in [9.17, 15) is 8.42 Å². The summed E-state index contributed by atoms with van der Waals surface area (Å²) in [6.07, 6.45) is 0.478. The van der Waals surface area contributed by atoms with Crippen molar-refractivity contribution < 1.29 is 8.42 Å². The maximum atomic E-state index is 12.0. The molecule has 0 aliphatic rings. The predicted molar refractivity (Wildman–Crippen MR) is 84.5 cm³/mol. The molecule has 0 N–H and O–H groups in total. The minimum atomic E-state index is -3.23. The Bertz CT molecular complexity index is 685. The number of sulfonamides is 1. The summed E-state index contributed by atoms with van der Waals surface area (Å²) >= 11 is 5.55. The number of nitrogens with zero attached hydrogens (tertiary/aromatic N) is 1. The van der Waals surface area contributed by atoms with E-state index in [1.165, 1.54) is 4.31 Å². The molecule has 0 fully saturated rings. The smallest absolute Gasteiger partial charge is 0.212 e. The van der Waals surface area contributed by atoms with Crippen molar-refractivity contribution in [1.29, 1.82) is 0 Å². The van der Waals surface area contributed by atoms with Crippen LogP contribution < -0.4 is 0 Å². The Morgan fingerprint density at radius 2 is 1.80 bits per heavy atom. The molecule has 2 rings (SSSR count). The molecule has 0 amide bonds. The molecule has 0 aliphatic carbocycles. The SMILES string of the molecule is CN(Cc1ccc2ccccc2c1)S(=O)(=O)CCCCl. The fourth-order valence-corrected chi connectivity index (χ4v) is 3.54. The Labute approximate surface area is 125 Å². The molecule has 2 aromatic rings. The highest BCUT2D eigenvalue weighted by atomic mass is 35.5. The van der Waals surface area contributed by atoms with Crippen LogP contribution in [0.25, 0.3) is 10.8 Å². The van der Waals surface area contributed by atoms with Gasteiger partial charge in [0.05, 0.1) is 5.75 Å². The third-order valence-electron chi connectivity index (χ3n) is 3.23. The molecule has 0 bridgehead atoms. The van der Waals surface area contributed by atoms with E-state index in [1.807, 2.05) is 42.5 Å². The Kier molecular flexibility index (Phi) is 5.02. The average Bonchev–Trinajstić information content (AvgIpc) is 2.45. The molecule has 2 aromatic carbocycles. The Morgan fingerprint density at radius 1 is 1.10 bits per heavy atom. The van der Waals surface area contributed by atoms with Crippen molar-refractivity contribution in [3.05, 3.63) is 48.0 Å². The van der Waals surface area contributed by atoms with Gasteiger partial charge in [-0.3, -0.25) is 0 Å². The van der Waals surface area contributed by atoms with Gasteiger partial charge < -0.3 is 0 Å². The monoisotopic (exact) mass is 311 g/mol. The molecule has 5 heteroatoms. The third-order valence-corrected chi connectivity index (χ3v) is 5.38. The fourth-order valence-electron chi connectivity index (χ4n) is 2.09. The highest BCUT2D eigenvalue weighted by Crippen LogP contribution is 2.17. The fraction of sp³-hybridized carbons (Fsp3) is 0.333. The van der Waals surface area contributed by atoms with Gasteiger partial charge in [-0.05, 0) is 28.8 Å². The van der Waals surface area contributed by atoms with Crippen LogP contribution in [0, 0.1) is 0 Å². The maximum Gasteiger partial charge on any atom is 0.214 e. The Morgan fingerprint density at radius 3 is 2.50 bits per heavy atom. The van der Waals surface area contributed by atoms with Crippen molar-refractivity contribution in [3.8, 4) is 0 Å². The van der Waals surface area contributed by atoms with E-state index in [2.05, 4.69) is 0 Å². The van der Waals surface area contributed by atoms with Gasteiger partial charge in [-0.15, -0.1) is 11.6 Å². The van der Waals surface area contributed by atoms with Crippen LogP contribution in [0.1, 0.15) is 12.0 Å². The molecule has 0 spiro atoms. The van der Waals surface area contributed by atoms with Crippen LogP contribution >= 0.6 is 11.6 Å². The van der Waals surface area contributed by atoms with Crippen molar-refractivity contribution >= 4 is 32.4 Å². The number of rotatable bonds is 6. The van der Waals surface area contributed by atoms with E-state index in [1.54, 1.807) is 7.05 Å². The predicted octanol–water partition coefficient (Wildman–Crippen LogP) is 3.23. The van der Waals surface area contributed by atoms with Crippen LogP contribution in [0.2, 0.25) is 0 Å². The molecule has 0 saturated heterocycles. The van der Waals surface area contributed by atoms with Gasteiger partial charge >= 0.3 is 0 Å². The standard InChI is InChI=1S/C15H18ClNO2S/c1-17(20(18,19)10-4-9-16)12-13-7-8-14-5-2-3-6-15(14)11-13/h2-3,5-8,11H,4,9-10,12H2,1H3. The lowest BCUT2D eigenvalue weighted by atomic mass is 10.1. The van der Waals surface area contributed by atoms with E-state index in [4.69, 9.17) is 11.6 Å².